The first-order chi connectivity index (χ1) is 12.7. The average Bonchev–Trinajstić information content (AvgIpc) is 3.05. The maximum atomic E-state index is 12.1. The lowest BCUT2D eigenvalue weighted by molar-refractivity contribution is -0.121. The molecule has 0 saturated heterocycles. The third-order valence-corrected chi connectivity index (χ3v) is 4.02. The number of pyridine rings is 1. The van der Waals surface area contributed by atoms with E-state index in [1.807, 2.05) is 48.5 Å². The summed E-state index contributed by atoms with van der Waals surface area (Å²) in [7, 11) is 0. The largest absolute Gasteiger partial charge is 0.321 e. The molecule has 0 saturated carbocycles. The minimum atomic E-state index is -0.304. The summed E-state index contributed by atoms with van der Waals surface area (Å²) in [5.41, 5.74) is 5.00. The summed E-state index contributed by atoms with van der Waals surface area (Å²) in [6.07, 6.45) is 2.96. The van der Waals surface area contributed by atoms with E-state index < -0.39 is 0 Å². The number of rotatable bonds is 4. The Bertz CT molecular complexity index is 1190. The fourth-order valence-electron chi connectivity index (χ4n) is 2.76. The zero-order chi connectivity index (χ0) is 17.9. The summed E-state index contributed by atoms with van der Waals surface area (Å²) in [4.78, 5) is 31.1. The standard InChI is InChI=1S/C19H15N5O2/c25-18(11-24-12-20-16-7-3-4-8-17(16)24)23-21-10-14-9-13-5-1-2-6-15(13)22-19(14)26/h1-10,12H,11H2,(H,22,26)(H,23,25)/b21-10+. The molecule has 2 heterocycles. The highest BCUT2D eigenvalue weighted by atomic mass is 16.2. The number of carbonyl (C=O) groups excluding carboxylic acids is 1. The Morgan fingerprint density at radius 2 is 2.00 bits per heavy atom. The highest BCUT2D eigenvalue weighted by Gasteiger charge is 2.06. The van der Waals surface area contributed by atoms with E-state index in [0.29, 0.717) is 5.56 Å². The summed E-state index contributed by atoms with van der Waals surface area (Å²) in [6.45, 7) is 0.0892. The molecule has 0 atom stereocenters. The van der Waals surface area contributed by atoms with Crippen LogP contribution in [0.2, 0.25) is 0 Å². The molecule has 0 bridgehead atoms. The van der Waals surface area contributed by atoms with Gasteiger partial charge in [0.25, 0.3) is 11.5 Å². The fourth-order valence-corrected chi connectivity index (χ4v) is 2.76. The van der Waals surface area contributed by atoms with E-state index in [1.165, 1.54) is 6.21 Å². The minimum Gasteiger partial charge on any atom is -0.321 e. The van der Waals surface area contributed by atoms with Crippen LogP contribution in [-0.2, 0) is 11.3 Å². The normalized spacial score (nSPS) is 11.4. The minimum absolute atomic E-state index is 0.0892. The number of para-hydroxylation sites is 3. The van der Waals surface area contributed by atoms with Gasteiger partial charge in [0.05, 0.1) is 29.1 Å². The van der Waals surface area contributed by atoms with Gasteiger partial charge in [0, 0.05) is 5.52 Å². The van der Waals surface area contributed by atoms with Crippen molar-refractivity contribution in [1.82, 2.24) is 20.0 Å². The van der Waals surface area contributed by atoms with E-state index in [-0.39, 0.29) is 18.0 Å². The number of amides is 1. The quantitative estimate of drug-likeness (QED) is 0.438. The van der Waals surface area contributed by atoms with Crippen molar-refractivity contribution in [2.75, 3.05) is 0 Å². The van der Waals surface area contributed by atoms with Crippen molar-refractivity contribution in [3.05, 3.63) is 76.8 Å². The average molecular weight is 345 g/mol. The Labute approximate surface area is 148 Å². The maximum Gasteiger partial charge on any atom is 0.260 e. The number of fused-ring (bicyclic) bond motifs is 2. The molecule has 0 aliphatic heterocycles. The van der Waals surface area contributed by atoms with Crippen molar-refractivity contribution in [2.24, 2.45) is 5.10 Å². The second-order valence-electron chi connectivity index (χ2n) is 5.80. The Morgan fingerprint density at radius 3 is 2.92 bits per heavy atom. The first-order valence-electron chi connectivity index (χ1n) is 8.04. The monoisotopic (exact) mass is 345 g/mol. The van der Waals surface area contributed by atoms with Crippen LogP contribution >= 0.6 is 0 Å². The van der Waals surface area contributed by atoms with Crippen LogP contribution in [0.4, 0.5) is 0 Å². The van der Waals surface area contributed by atoms with Crippen LogP contribution < -0.4 is 11.0 Å². The molecule has 1 amide bonds. The lowest BCUT2D eigenvalue weighted by atomic mass is 10.2. The molecule has 4 aromatic rings. The molecule has 0 radical (unpaired) electrons. The van der Waals surface area contributed by atoms with Gasteiger partial charge >= 0.3 is 0 Å². The van der Waals surface area contributed by atoms with Gasteiger partial charge in [-0.05, 0) is 29.7 Å². The number of benzene rings is 2. The summed E-state index contributed by atoms with van der Waals surface area (Å²) >= 11 is 0. The summed E-state index contributed by atoms with van der Waals surface area (Å²) < 4.78 is 1.74. The van der Waals surface area contributed by atoms with Crippen molar-refractivity contribution in [1.29, 1.82) is 0 Å². The Kier molecular flexibility index (Phi) is 4.03. The molecule has 0 aliphatic rings. The molecular formula is C19H15N5O2. The van der Waals surface area contributed by atoms with Crippen LogP contribution in [0, 0.1) is 0 Å². The molecule has 26 heavy (non-hydrogen) atoms. The van der Waals surface area contributed by atoms with Crippen molar-refractivity contribution in [3.8, 4) is 0 Å². The molecule has 128 valence electrons. The smallest absolute Gasteiger partial charge is 0.260 e. The van der Waals surface area contributed by atoms with Crippen molar-refractivity contribution in [3.63, 3.8) is 0 Å². The lowest BCUT2D eigenvalue weighted by Gasteiger charge is -2.03. The Balaban J connectivity index is 1.47. The zero-order valence-electron chi connectivity index (χ0n) is 13.7. The molecule has 2 aromatic carbocycles. The van der Waals surface area contributed by atoms with Gasteiger partial charge in [-0.25, -0.2) is 10.4 Å². The number of aromatic nitrogens is 3. The number of imidazole rings is 1. The van der Waals surface area contributed by atoms with Crippen LogP contribution in [0.1, 0.15) is 5.56 Å². The fraction of sp³-hybridized carbons (Fsp3) is 0.0526. The zero-order valence-corrected chi connectivity index (χ0v) is 13.7. The Morgan fingerprint density at radius 1 is 1.19 bits per heavy atom. The van der Waals surface area contributed by atoms with E-state index in [0.717, 1.165) is 21.9 Å². The topological polar surface area (TPSA) is 92.1 Å². The van der Waals surface area contributed by atoms with Crippen LogP contribution in [-0.4, -0.2) is 26.7 Å². The molecule has 0 fully saturated rings. The highest BCUT2D eigenvalue weighted by molar-refractivity contribution is 5.88. The molecule has 7 nitrogen and oxygen atoms in total. The highest BCUT2D eigenvalue weighted by Crippen LogP contribution is 2.11. The Hall–Kier alpha value is -3.74. The maximum absolute atomic E-state index is 12.1. The first kappa shape index (κ1) is 15.8. The van der Waals surface area contributed by atoms with E-state index in [2.05, 4.69) is 20.5 Å². The van der Waals surface area contributed by atoms with Gasteiger partial charge in [0.1, 0.15) is 6.54 Å². The number of nitrogens with one attached hydrogen (secondary N) is 2. The number of nitrogens with zero attached hydrogens (tertiary/aromatic N) is 3. The number of aromatic amines is 1. The molecular weight excluding hydrogens is 330 g/mol. The summed E-state index contributed by atoms with van der Waals surface area (Å²) in [5, 5.41) is 4.78. The third kappa shape index (κ3) is 3.10. The number of hydrogen-bond acceptors (Lipinski definition) is 4. The van der Waals surface area contributed by atoms with Crippen LogP contribution in [0.15, 0.2) is 70.8 Å². The second-order valence-corrected chi connectivity index (χ2v) is 5.80. The SMILES string of the molecule is O=C(Cn1cnc2ccccc21)N/N=C/c1cc2ccccc2[nH]c1=O. The van der Waals surface area contributed by atoms with E-state index in [9.17, 15) is 9.59 Å². The third-order valence-electron chi connectivity index (χ3n) is 4.02. The molecule has 0 spiro atoms. The summed E-state index contributed by atoms with van der Waals surface area (Å²) in [6, 6.07) is 16.8. The van der Waals surface area contributed by atoms with Crippen molar-refractivity contribution >= 4 is 34.1 Å². The molecule has 4 rings (SSSR count). The van der Waals surface area contributed by atoms with Gasteiger partial charge in [-0.15, -0.1) is 0 Å². The molecule has 0 aliphatic carbocycles. The van der Waals surface area contributed by atoms with Gasteiger partial charge in [-0.1, -0.05) is 30.3 Å². The van der Waals surface area contributed by atoms with E-state index in [1.54, 1.807) is 17.0 Å². The number of hydrogen-bond donors (Lipinski definition) is 2. The number of hydrazone groups is 1. The lowest BCUT2D eigenvalue weighted by Crippen LogP contribution is -2.23. The molecule has 0 unspecified atom stereocenters. The molecule has 2 N–H and O–H groups in total. The first-order valence-corrected chi connectivity index (χ1v) is 8.04. The van der Waals surface area contributed by atoms with Gasteiger partial charge in [0.15, 0.2) is 0 Å². The number of carbonyl (C=O) groups is 1. The van der Waals surface area contributed by atoms with Gasteiger partial charge in [-0.2, -0.15) is 5.10 Å². The van der Waals surface area contributed by atoms with Crippen molar-refractivity contribution in [2.45, 2.75) is 6.54 Å². The molecule has 7 heteroatoms. The number of H-pyrrole nitrogens is 1. The van der Waals surface area contributed by atoms with Gasteiger partial charge in [0.2, 0.25) is 0 Å². The van der Waals surface area contributed by atoms with E-state index >= 15 is 0 Å². The predicted molar refractivity (Wildman–Crippen MR) is 100 cm³/mol. The van der Waals surface area contributed by atoms with Crippen molar-refractivity contribution < 1.29 is 4.79 Å². The van der Waals surface area contributed by atoms with Crippen LogP contribution in [0.25, 0.3) is 21.9 Å². The van der Waals surface area contributed by atoms with Gasteiger partial charge in [-0.3, -0.25) is 9.59 Å². The van der Waals surface area contributed by atoms with Crippen LogP contribution in [0.5, 0.6) is 0 Å². The van der Waals surface area contributed by atoms with Crippen LogP contribution in [0.3, 0.4) is 0 Å². The van der Waals surface area contributed by atoms with Gasteiger partial charge < -0.3 is 9.55 Å². The predicted octanol–water partition coefficient (Wildman–Crippen LogP) is 2.03. The van der Waals surface area contributed by atoms with E-state index in [4.69, 9.17) is 0 Å². The summed E-state index contributed by atoms with van der Waals surface area (Å²) in [5.74, 6) is -0.304. The molecule has 2 aromatic heterocycles. The second kappa shape index (κ2) is 6.64.